The van der Waals surface area contributed by atoms with E-state index in [1.807, 2.05) is 12.2 Å². The van der Waals surface area contributed by atoms with Crippen molar-refractivity contribution in [1.29, 1.82) is 0 Å². The van der Waals surface area contributed by atoms with Gasteiger partial charge in [0.25, 0.3) is 0 Å². The third-order valence-electron chi connectivity index (χ3n) is 1.19. The number of rotatable bonds is 2. The summed E-state index contributed by atoms with van der Waals surface area (Å²) in [6.07, 6.45) is 8.55. The van der Waals surface area contributed by atoms with E-state index in [1.54, 1.807) is 0 Å². The standard InChI is InChI=1S/C7H8O/c8-6-5-7-3-1-2-4-7/h1-3,6H,4-5H2. The summed E-state index contributed by atoms with van der Waals surface area (Å²) in [4.78, 5) is 9.89. The van der Waals surface area contributed by atoms with Gasteiger partial charge in [-0.05, 0) is 6.42 Å². The van der Waals surface area contributed by atoms with Gasteiger partial charge in [0.1, 0.15) is 6.29 Å². The van der Waals surface area contributed by atoms with E-state index in [1.165, 1.54) is 5.57 Å². The van der Waals surface area contributed by atoms with Crippen LogP contribution in [0.3, 0.4) is 0 Å². The molecule has 1 heteroatoms. The summed E-state index contributed by atoms with van der Waals surface area (Å²) in [6.45, 7) is 0. The molecule has 0 spiro atoms. The SMILES string of the molecule is O=CCC1=CC=CC1. The number of allylic oxidation sites excluding steroid dienone is 4. The highest BCUT2D eigenvalue weighted by molar-refractivity contribution is 5.55. The largest absolute Gasteiger partial charge is 0.303 e. The molecule has 0 atom stereocenters. The van der Waals surface area contributed by atoms with Crippen molar-refractivity contribution in [2.45, 2.75) is 12.8 Å². The number of hydrogen-bond donors (Lipinski definition) is 0. The third kappa shape index (κ3) is 1.06. The first kappa shape index (κ1) is 5.29. The minimum absolute atomic E-state index is 0.604. The minimum Gasteiger partial charge on any atom is -0.303 e. The van der Waals surface area contributed by atoms with Crippen LogP contribution in [0, 0.1) is 0 Å². The van der Waals surface area contributed by atoms with Gasteiger partial charge in [0.15, 0.2) is 0 Å². The lowest BCUT2D eigenvalue weighted by atomic mass is 10.2. The van der Waals surface area contributed by atoms with Crippen LogP contribution in [-0.2, 0) is 4.79 Å². The maximum absolute atomic E-state index is 9.89. The van der Waals surface area contributed by atoms with Crippen molar-refractivity contribution in [2.24, 2.45) is 0 Å². The van der Waals surface area contributed by atoms with Gasteiger partial charge in [0.2, 0.25) is 0 Å². The predicted molar refractivity (Wildman–Crippen MR) is 32.5 cm³/mol. The summed E-state index contributed by atoms with van der Waals surface area (Å²) in [7, 11) is 0. The van der Waals surface area contributed by atoms with E-state index < -0.39 is 0 Å². The summed E-state index contributed by atoms with van der Waals surface area (Å²) >= 11 is 0. The highest BCUT2D eigenvalue weighted by Gasteiger charge is 1.95. The first-order valence-electron chi connectivity index (χ1n) is 2.71. The summed E-state index contributed by atoms with van der Waals surface area (Å²) in [5.74, 6) is 0. The monoisotopic (exact) mass is 108 g/mol. The fourth-order valence-electron chi connectivity index (χ4n) is 0.750. The summed E-state index contributed by atoms with van der Waals surface area (Å²) in [6, 6.07) is 0. The second-order valence-corrected chi connectivity index (χ2v) is 1.83. The molecule has 0 saturated heterocycles. The highest BCUT2D eigenvalue weighted by Crippen LogP contribution is 2.11. The van der Waals surface area contributed by atoms with Gasteiger partial charge in [0, 0.05) is 6.42 Å². The molecule has 0 bridgehead atoms. The molecule has 1 aliphatic rings. The van der Waals surface area contributed by atoms with E-state index in [0.29, 0.717) is 6.42 Å². The molecule has 0 fully saturated rings. The van der Waals surface area contributed by atoms with Crippen molar-refractivity contribution in [3.8, 4) is 0 Å². The van der Waals surface area contributed by atoms with Crippen LogP contribution in [-0.4, -0.2) is 6.29 Å². The van der Waals surface area contributed by atoms with Crippen LogP contribution in [0.5, 0.6) is 0 Å². The molecule has 0 amide bonds. The van der Waals surface area contributed by atoms with Crippen LogP contribution in [0.25, 0.3) is 0 Å². The quantitative estimate of drug-likeness (QED) is 0.489. The van der Waals surface area contributed by atoms with Crippen LogP contribution in [0.1, 0.15) is 12.8 Å². The summed E-state index contributed by atoms with van der Waals surface area (Å²) < 4.78 is 0. The fraction of sp³-hybridized carbons (Fsp3) is 0.286. The Labute approximate surface area is 48.7 Å². The zero-order valence-electron chi connectivity index (χ0n) is 4.63. The predicted octanol–water partition coefficient (Wildman–Crippen LogP) is 1.46. The van der Waals surface area contributed by atoms with Crippen molar-refractivity contribution in [3.63, 3.8) is 0 Å². The smallest absolute Gasteiger partial charge is 0.124 e. The van der Waals surface area contributed by atoms with E-state index in [4.69, 9.17) is 0 Å². The Hall–Kier alpha value is -0.850. The number of hydrogen-bond acceptors (Lipinski definition) is 1. The van der Waals surface area contributed by atoms with Crippen LogP contribution in [0.15, 0.2) is 23.8 Å². The lowest BCUT2D eigenvalue weighted by Crippen LogP contribution is -1.77. The number of carbonyl (C=O) groups excluding carboxylic acids is 1. The molecule has 0 saturated carbocycles. The van der Waals surface area contributed by atoms with Gasteiger partial charge in [-0.25, -0.2) is 0 Å². The van der Waals surface area contributed by atoms with Crippen molar-refractivity contribution >= 4 is 6.29 Å². The van der Waals surface area contributed by atoms with E-state index in [0.717, 1.165) is 12.7 Å². The molecule has 0 N–H and O–H groups in total. The van der Waals surface area contributed by atoms with Gasteiger partial charge in [-0.3, -0.25) is 0 Å². The topological polar surface area (TPSA) is 17.1 Å². The van der Waals surface area contributed by atoms with Gasteiger partial charge in [-0.15, -0.1) is 0 Å². The average Bonchev–Trinajstić information content (AvgIpc) is 2.19. The van der Waals surface area contributed by atoms with Crippen molar-refractivity contribution in [2.75, 3.05) is 0 Å². The average molecular weight is 108 g/mol. The van der Waals surface area contributed by atoms with Crippen molar-refractivity contribution < 1.29 is 4.79 Å². The molecule has 0 aromatic rings. The molecule has 0 unspecified atom stereocenters. The Kier molecular flexibility index (Phi) is 1.62. The van der Waals surface area contributed by atoms with Gasteiger partial charge in [0.05, 0.1) is 0 Å². The van der Waals surface area contributed by atoms with Crippen molar-refractivity contribution in [1.82, 2.24) is 0 Å². The highest BCUT2D eigenvalue weighted by atomic mass is 16.1. The van der Waals surface area contributed by atoms with Gasteiger partial charge < -0.3 is 4.79 Å². The zero-order chi connectivity index (χ0) is 5.82. The van der Waals surface area contributed by atoms with E-state index in [9.17, 15) is 4.79 Å². The fourth-order valence-corrected chi connectivity index (χ4v) is 0.750. The maximum Gasteiger partial charge on any atom is 0.124 e. The van der Waals surface area contributed by atoms with Crippen LogP contribution >= 0.6 is 0 Å². The maximum atomic E-state index is 9.89. The van der Waals surface area contributed by atoms with E-state index in [2.05, 4.69) is 6.08 Å². The molecule has 0 aromatic carbocycles. The molecule has 42 valence electrons. The first-order chi connectivity index (χ1) is 3.93. The normalized spacial score (nSPS) is 16.2. The molecule has 1 aliphatic carbocycles. The molecular formula is C7H8O. The third-order valence-corrected chi connectivity index (χ3v) is 1.19. The Morgan fingerprint density at radius 2 is 2.62 bits per heavy atom. The molecular weight excluding hydrogens is 100 g/mol. The Morgan fingerprint density at radius 1 is 1.75 bits per heavy atom. The summed E-state index contributed by atoms with van der Waals surface area (Å²) in [5.41, 5.74) is 1.22. The number of carbonyl (C=O) groups is 1. The van der Waals surface area contributed by atoms with Gasteiger partial charge in [-0.1, -0.05) is 23.8 Å². The van der Waals surface area contributed by atoms with Crippen molar-refractivity contribution in [3.05, 3.63) is 23.8 Å². The number of aldehydes is 1. The molecule has 0 aromatic heterocycles. The zero-order valence-corrected chi connectivity index (χ0v) is 4.63. The lowest BCUT2D eigenvalue weighted by molar-refractivity contribution is -0.107. The Bertz CT molecular complexity index is 142. The molecule has 0 aliphatic heterocycles. The first-order valence-corrected chi connectivity index (χ1v) is 2.71. The summed E-state index contributed by atoms with van der Waals surface area (Å²) in [5, 5.41) is 0. The van der Waals surface area contributed by atoms with E-state index in [-0.39, 0.29) is 0 Å². The molecule has 0 radical (unpaired) electrons. The van der Waals surface area contributed by atoms with Gasteiger partial charge in [-0.2, -0.15) is 0 Å². The van der Waals surface area contributed by atoms with Crippen LogP contribution < -0.4 is 0 Å². The molecule has 0 heterocycles. The minimum atomic E-state index is 0.604. The molecule has 1 nitrogen and oxygen atoms in total. The van der Waals surface area contributed by atoms with Crippen LogP contribution in [0.2, 0.25) is 0 Å². The Balaban J connectivity index is 2.39. The van der Waals surface area contributed by atoms with Gasteiger partial charge >= 0.3 is 0 Å². The molecule has 1 rings (SSSR count). The lowest BCUT2D eigenvalue weighted by Gasteiger charge is -1.87. The van der Waals surface area contributed by atoms with E-state index >= 15 is 0 Å². The molecule has 8 heavy (non-hydrogen) atoms. The van der Waals surface area contributed by atoms with Crippen LogP contribution in [0.4, 0.5) is 0 Å². The Morgan fingerprint density at radius 3 is 3.12 bits per heavy atom. The second kappa shape index (κ2) is 2.46. The second-order valence-electron chi connectivity index (χ2n) is 1.83.